The lowest BCUT2D eigenvalue weighted by Gasteiger charge is -2.05. The fraction of sp³-hybridized carbons (Fsp3) is 0.857. The lowest BCUT2D eigenvalue weighted by Crippen LogP contribution is -1.99. The van der Waals surface area contributed by atoms with Crippen LogP contribution in [0.3, 0.4) is 0 Å². The van der Waals surface area contributed by atoms with E-state index in [4.69, 9.17) is 14.6 Å². The highest BCUT2D eigenvalue weighted by atomic mass is 16.5. The van der Waals surface area contributed by atoms with Gasteiger partial charge >= 0.3 is 0 Å². The van der Waals surface area contributed by atoms with Gasteiger partial charge in [0, 0.05) is 19.8 Å². The molecule has 3 nitrogen and oxygen atoms in total. The lowest BCUT2D eigenvalue weighted by atomic mass is 10.2. The number of aliphatic hydroxyl groups excluding tert-OH is 1. The zero-order chi connectivity index (χ0) is 12.8. The maximum absolute atomic E-state index is 8.64. The predicted molar refractivity (Wildman–Crippen MR) is 71.4 cm³/mol. The van der Waals surface area contributed by atoms with Gasteiger partial charge in [-0.05, 0) is 31.8 Å². The van der Waals surface area contributed by atoms with E-state index in [2.05, 4.69) is 6.92 Å². The summed E-state index contributed by atoms with van der Waals surface area (Å²) in [6.07, 6.45) is 8.13. The van der Waals surface area contributed by atoms with Gasteiger partial charge in [-0.2, -0.15) is 0 Å². The minimum absolute atomic E-state index is 0.538. The fourth-order valence-corrected chi connectivity index (χ4v) is 1.38. The SMILES string of the molecule is CCCCOCCCCCCOCC(C)=CO. The second-order valence-corrected chi connectivity index (χ2v) is 4.41. The lowest BCUT2D eigenvalue weighted by molar-refractivity contribution is 0.124. The van der Waals surface area contributed by atoms with Crippen LogP contribution in [0.4, 0.5) is 0 Å². The van der Waals surface area contributed by atoms with Gasteiger partial charge in [0.25, 0.3) is 0 Å². The topological polar surface area (TPSA) is 38.7 Å². The number of ether oxygens (including phenoxy) is 2. The molecule has 0 aliphatic heterocycles. The van der Waals surface area contributed by atoms with Crippen LogP contribution in [-0.4, -0.2) is 31.5 Å². The van der Waals surface area contributed by atoms with Crippen LogP contribution in [0, 0.1) is 0 Å². The zero-order valence-electron chi connectivity index (χ0n) is 11.4. The van der Waals surface area contributed by atoms with Crippen molar-refractivity contribution in [3.8, 4) is 0 Å². The molecule has 0 aliphatic carbocycles. The summed E-state index contributed by atoms with van der Waals surface area (Å²) >= 11 is 0. The second-order valence-electron chi connectivity index (χ2n) is 4.41. The fourth-order valence-electron chi connectivity index (χ4n) is 1.38. The van der Waals surface area contributed by atoms with Crippen LogP contribution in [0.25, 0.3) is 0 Å². The van der Waals surface area contributed by atoms with E-state index in [0.29, 0.717) is 6.61 Å². The Morgan fingerprint density at radius 3 is 2.12 bits per heavy atom. The molecule has 0 saturated heterocycles. The van der Waals surface area contributed by atoms with Crippen LogP contribution in [0.5, 0.6) is 0 Å². The van der Waals surface area contributed by atoms with E-state index in [9.17, 15) is 0 Å². The van der Waals surface area contributed by atoms with Gasteiger partial charge < -0.3 is 14.6 Å². The maximum Gasteiger partial charge on any atom is 0.0803 e. The minimum atomic E-state index is 0.538. The molecule has 0 heterocycles. The normalized spacial score (nSPS) is 12.0. The summed E-state index contributed by atoms with van der Waals surface area (Å²) in [4.78, 5) is 0. The highest BCUT2D eigenvalue weighted by Gasteiger charge is 1.93. The first-order valence-electron chi connectivity index (χ1n) is 6.76. The van der Waals surface area contributed by atoms with E-state index in [0.717, 1.165) is 44.5 Å². The summed E-state index contributed by atoms with van der Waals surface area (Å²) in [5, 5.41) is 8.64. The number of hydrogen-bond acceptors (Lipinski definition) is 3. The molecular weight excluding hydrogens is 216 g/mol. The van der Waals surface area contributed by atoms with Crippen LogP contribution < -0.4 is 0 Å². The molecule has 0 aromatic heterocycles. The van der Waals surface area contributed by atoms with Gasteiger partial charge in [0.05, 0.1) is 12.9 Å². The maximum atomic E-state index is 8.64. The Bertz CT molecular complexity index is 178. The highest BCUT2D eigenvalue weighted by Crippen LogP contribution is 2.02. The van der Waals surface area contributed by atoms with E-state index in [1.807, 2.05) is 6.92 Å². The molecule has 102 valence electrons. The zero-order valence-corrected chi connectivity index (χ0v) is 11.4. The van der Waals surface area contributed by atoms with Gasteiger partial charge in [-0.3, -0.25) is 0 Å². The van der Waals surface area contributed by atoms with Crippen molar-refractivity contribution < 1.29 is 14.6 Å². The summed E-state index contributed by atoms with van der Waals surface area (Å²) in [6, 6.07) is 0. The van der Waals surface area contributed by atoms with Crippen LogP contribution >= 0.6 is 0 Å². The van der Waals surface area contributed by atoms with Crippen LogP contribution in [0.2, 0.25) is 0 Å². The molecule has 1 N–H and O–H groups in total. The molecule has 0 amide bonds. The van der Waals surface area contributed by atoms with Gasteiger partial charge in [-0.1, -0.05) is 26.2 Å². The molecule has 0 unspecified atom stereocenters. The third-order valence-corrected chi connectivity index (χ3v) is 2.52. The highest BCUT2D eigenvalue weighted by molar-refractivity contribution is 4.91. The second kappa shape index (κ2) is 13.5. The molecule has 0 aliphatic rings. The van der Waals surface area contributed by atoms with E-state index in [1.165, 1.54) is 25.7 Å². The molecule has 0 bridgehead atoms. The van der Waals surface area contributed by atoms with Crippen molar-refractivity contribution in [2.45, 2.75) is 52.4 Å². The van der Waals surface area contributed by atoms with Crippen molar-refractivity contribution in [2.75, 3.05) is 26.4 Å². The molecule has 0 rings (SSSR count). The summed E-state index contributed by atoms with van der Waals surface area (Å²) in [7, 11) is 0. The number of rotatable bonds is 12. The Hall–Kier alpha value is -0.540. The van der Waals surface area contributed by atoms with E-state index < -0.39 is 0 Å². The monoisotopic (exact) mass is 244 g/mol. The van der Waals surface area contributed by atoms with Gasteiger partial charge in [-0.25, -0.2) is 0 Å². The van der Waals surface area contributed by atoms with Gasteiger partial charge in [-0.15, -0.1) is 0 Å². The summed E-state index contributed by atoms with van der Waals surface area (Å²) in [5.74, 6) is 0. The first-order valence-corrected chi connectivity index (χ1v) is 6.76. The first kappa shape index (κ1) is 16.5. The van der Waals surface area contributed by atoms with Crippen LogP contribution in [0.1, 0.15) is 52.4 Å². The Labute approximate surface area is 106 Å². The molecule has 3 heteroatoms. The van der Waals surface area contributed by atoms with Crippen molar-refractivity contribution in [3.05, 3.63) is 11.8 Å². The average molecular weight is 244 g/mol. The number of aliphatic hydroxyl groups is 1. The smallest absolute Gasteiger partial charge is 0.0803 e. The quantitative estimate of drug-likeness (QED) is 0.419. The third-order valence-electron chi connectivity index (χ3n) is 2.52. The summed E-state index contributed by atoms with van der Waals surface area (Å²) in [5.41, 5.74) is 0.870. The van der Waals surface area contributed by atoms with Crippen LogP contribution in [0.15, 0.2) is 11.8 Å². The molecule has 0 aromatic carbocycles. The molecule has 0 spiro atoms. The minimum Gasteiger partial charge on any atom is -0.516 e. The van der Waals surface area contributed by atoms with E-state index in [1.54, 1.807) is 0 Å². The molecule has 0 radical (unpaired) electrons. The standard InChI is InChI=1S/C14H28O3/c1-3-4-9-16-10-7-5-6-8-11-17-13-14(2)12-15/h12,15H,3-11,13H2,1-2H3. The molecule has 0 atom stereocenters. The van der Waals surface area contributed by atoms with Crippen LogP contribution in [-0.2, 0) is 9.47 Å². The number of hydrogen-bond donors (Lipinski definition) is 1. The summed E-state index contributed by atoms with van der Waals surface area (Å²) < 4.78 is 10.9. The van der Waals surface area contributed by atoms with Crippen molar-refractivity contribution in [1.29, 1.82) is 0 Å². The largest absolute Gasteiger partial charge is 0.516 e. The Kier molecular flexibility index (Phi) is 13.1. The van der Waals surface area contributed by atoms with E-state index >= 15 is 0 Å². The van der Waals surface area contributed by atoms with E-state index in [-0.39, 0.29) is 0 Å². The van der Waals surface area contributed by atoms with Gasteiger partial charge in [0.2, 0.25) is 0 Å². The van der Waals surface area contributed by atoms with Gasteiger partial charge in [0.15, 0.2) is 0 Å². The number of unbranched alkanes of at least 4 members (excludes halogenated alkanes) is 4. The molecule has 0 fully saturated rings. The summed E-state index contributed by atoms with van der Waals surface area (Å²) in [6.45, 7) is 7.16. The first-order chi connectivity index (χ1) is 8.31. The molecule has 17 heavy (non-hydrogen) atoms. The molecular formula is C14H28O3. The third kappa shape index (κ3) is 13.4. The predicted octanol–water partition coefficient (Wildman–Crippen LogP) is 3.84. The van der Waals surface area contributed by atoms with Crippen molar-refractivity contribution in [1.82, 2.24) is 0 Å². The van der Waals surface area contributed by atoms with Crippen molar-refractivity contribution in [3.63, 3.8) is 0 Å². The van der Waals surface area contributed by atoms with Gasteiger partial charge in [0.1, 0.15) is 0 Å². The average Bonchev–Trinajstić information content (AvgIpc) is 2.35. The Morgan fingerprint density at radius 1 is 0.941 bits per heavy atom. The molecule has 0 saturated carbocycles. The van der Waals surface area contributed by atoms with Crippen molar-refractivity contribution >= 4 is 0 Å². The molecule has 0 aromatic rings. The Balaban J connectivity index is 2.99. The van der Waals surface area contributed by atoms with Crippen molar-refractivity contribution in [2.24, 2.45) is 0 Å². The Morgan fingerprint density at radius 2 is 1.53 bits per heavy atom.